The fourth-order valence-corrected chi connectivity index (χ4v) is 1.67. The van der Waals surface area contributed by atoms with Crippen LogP contribution in [0.1, 0.15) is 30.4 Å². The second kappa shape index (κ2) is 8.46. The van der Waals surface area contributed by atoms with Gasteiger partial charge in [-0.1, -0.05) is 12.1 Å². The molecule has 116 valence electrons. The number of carbonyl (C=O) groups is 1. The molecule has 3 nitrogen and oxygen atoms in total. The third-order valence-electron chi connectivity index (χ3n) is 2.78. The van der Waals surface area contributed by atoms with E-state index in [0.717, 1.165) is 25.0 Å². The Bertz CT molecular complexity index is 484. The molecule has 1 aromatic rings. The second-order valence-corrected chi connectivity index (χ2v) is 4.53. The van der Waals surface area contributed by atoms with Crippen LogP contribution in [0.4, 0.5) is 13.2 Å². The number of unbranched alkanes of at least 4 members (excludes halogenated alkanes) is 2. The average Bonchev–Trinajstić information content (AvgIpc) is 2.44. The SMILES string of the molecule is O=C(/C=C/c1cccc(C(F)(F)F)c1)NCCCCCO. The van der Waals surface area contributed by atoms with Crippen LogP contribution in [0.15, 0.2) is 30.3 Å². The second-order valence-electron chi connectivity index (χ2n) is 4.53. The Kier molecular flexibility index (Phi) is 6.94. The Labute approximate surface area is 121 Å². The van der Waals surface area contributed by atoms with Crippen molar-refractivity contribution in [1.29, 1.82) is 0 Å². The molecule has 0 spiro atoms. The molecule has 0 aliphatic heterocycles. The Balaban J connectivity index is 2.47. The molecule has 1 aromatic carbocycles. The van der Waals surface area contributed by atoms with Crippen LogP contribution in [-0.2, 0) is 11.0 Å². The van der Waals surface area contributed by atoms with Crippen LogP contribution in [0.2, 0.25) is 0 Å². The molecule has 0 saturated heterocycles. The number of aliphatic hydroxyl groups is 1. The molecular weight excluding hydrogens is 283 g/mol. The van der Waals surface area contributed by atoms with Crippen molar-refractivity contribution in [1.82, 2.24) is 5.32 Å². The average molecular weight is 301 g/mol. The molecule has 21 heavy (non-hydrogen) atoms. The summed E-state index contributed by atoms with van der Waals surface area (Å²) in [6.07, 6.45) is 0.423. The summed E-state index contributed by atoms with van der Waals surface area (Å²) in [6, 6.07) is 4.78. The molecular formula is C15H18F3NO2. The number of benzene rings is 1. The normalized spacial score (nSPS) is 11.8. The minimum Gasteiger partial charge on any atom is -0.396 e. The Hall–Kier alpha value is -1.82. The predicted molar refractivity (Wildman–Crippen MR) is 74.4 cm³/mol. The monoisotopic (exact) mass is 301 g/mol. The lowest BCUT2D eigenvalue weighted by Gasteiger charge is -2.06. The lowest BCUT2D eigenvalue weighted by Crippen LogP contribution is -2.22. The van der Waals surface area contributed by atoms with Gasteiger partial charge >= 0.3 is 6.18 Å². The number of alkyl halides is 3. The quantitative estimate of drug-likeness (QED) is 0.601. The van der Waals surface area contributed by atoms with Gasteiger partial charge in [-0.3, -0.25) is 4.79 Å². The van der Waals surface area contributed by atoms with Gasteiger partial charge < -0.3 is 10.4 Å². The van der Waals surface area contributed by atoms with Crippen LogP contribution in [0.25, 0.3) is 6.08 Å². The molecule has 0 heterocycles. The van der Waals surface area contributed by atoms with E-state index in [9.17, 15) is 18.0 Å². The first-order valence-corrected chi connectivity index (χ1v) is 6.67. The number of halogens is 3. The van der Waals surface area contributed by atoms with E-state index in [1.54, 1.807) is 0 Å². The van der Waals surface area contributed by atoms with Gasteiger partial charge in [-0.15, -0.1) is 0 Å². The number of carbonyl (C=O) groups excluding carboxylic acids is 1. The lowest BCUT2D eigenvalue weighted by molar-refractivity contribution is -0.137. The predicted octanol–water partition coefficient (Wildman–Crippen LogP) is 3.00. The van der Waals surface area contributed by atoms with Crippen molar-refractivity contribution in [2.24, 2.45) is 0 Å². The minimum atomic E-state index is -4.39. The molecule has 0 saturated carbocycles. The van der Waals surface area contributed by atoms with Gasteiger partial charge in [-0.25, -0.2) is 0 Å². The maximum atomic E-state index is 12.5. The van der Waals surface area contributed by atoms with Crippen LogP contribution in [0.3, 0.4) is 0 Å². The summed E-state index contributed by atoms with van der Waals surface area (Å²) in [6.45, 7) is 0.606. The minimum absolute atomic E-state index is 0.128. The smallest absolute Gasteiger partial charge is 0.396 e. The van der Waals surface area contributed by atoms with Crippen molar-refractivity contribution in [2.45, 2.75) is 25.4 Å². The van der Waals surface area contributed by atoms with E-state index in [1.165, 1.54) is 24.3 Å². The van der Waals surface area contributed by atoms with E-state index in [1.807, 2.05) is 0 Å². The third-order valence-corrected chi connectivity index (χ3v) is 2.78. The highest BCUT2D eigenvalue weighted by Crippen LogP contribution is 2.29. The van der Waals surface area contributed by atoms with Gasteiger partial charge in [0.05, 0.1) is 5.56 Å². The molecule has 1 amide bonds. The summed E-state index contributed by atoms with van der Waals surface area (Å²) in [5.74, 6) is -0.351. The van der Waals surface area contributed by atoms with Crippen molar-refractivity contribution >= 4 is 12.0 Å². The summed E-state index contributed by atoms with van der Waals surface area (Å²) in [4.78, 5) is 11.5. The van der Waals surface area contributed by atoms with Gasteiger partial charge in [-0.05, 0) is 43.0 Å². The van der Waals surface area contributed by atoms with E-state index in [2.05, 4.69) is 5.32 Å². The summed E-state index contributed by atoms with van der Waals surface area (Å²) in [5, 5.41) is 11.2. The van der Waals surface area contributed by atoms with Gasteiger partial charge in [0.1, 0.15) is 0 Å². The van der Waals surface area contributed by atoms with E-state index >= 15 is 0 Å². The van der Waals surface area contributed by atoms with Crippen molar-refractivity contribution in [3.05, 3.63) is 41.5 Å². The van der Waals surface area contributed by atoms with E-state index < -0.39 is 11.7 Å². The number of nitrogens with one attached hydrogen (secondary N) is 1. The van der Waals surface area contributed by atoms with Crippen LogP contribution in [0.5, 0.6) is 0 Å². The number of aliphatic hydroxyl groups excluding tert-OH is 1. The maximum Gasteiger partial charge on any atom is 0.416 e. The highest BCUT2D eigenvalue weighted by molar-refractivity contribution is 5.91. The number of hydrogen-bond donors (Lipinski definition) is 2. The molecule has 0 fully saturated rings. The first-order valence-electron chi connectivity index (χ1n) is 6.67. The molecule has 6 heteroatoms. The van der Waals surface area contributed by atoms with E-state index in [4.69, 9.17) is 5.11 Å². The van der Waals surface area contributed by atoms with Gasteiger partial charge in [0.15, 0.2) is 0 Å². The van der Waals surface area contributed by atoms with Crippen molar-refractivity contribution in [3.8, 4) is 0 Å². The van der Waals surface area contributed by atoms with E-state index in [-0.39, 0.29) is 12.5 Å². The van der Waals surface area contributed by atoms with Gasteiger partial charge in [0.2, 0.25) is 5.91 Å². The largest absolute Gasteiger partial charge is 0.416 e. The zero-order valence-electron chi connectivity index (χ0n) is 11.5. The fraction of sp³-hybridized carbons (Fsp3) is 0.400. The van der Waals surface area contributed by atoms with E-state index in [0.29, 0.717) is 18.5 Å². The molecule has 0 radical (unpaired) electrons. The molecule has 0 atom stereocenters. The third kappa shape index (κ3) is 6.94. The summed E-state index contributed by atoms with van der Waals surface area (Å²) >= 11 is 0. The summed E-state index contributed by atoms with van der Waals surface area (Å²) in [5.41, 5.74) is -0.422. The molecule has 0 unspecified atom stereocenters. The molecule has 2 N–H and O–H groups in total. The van der Waals surface area contributed by atoms with Crippen LogP contribution in [0, 0.1) is 0 Å². The van der Waals surface area contributed by atoms with Crippen molar-refractivity contribution < 1.29 is 23.1 Å². The van der Waals surface area contributed by atoms with Crippen molar-refractivity contribution in [2.75, 3.05) is 13.2 Å². The van der Waals surface area contributed by atoms with Crippen LogP contribution < -0.4 is 5.32 Å². The standard InChI is InChI=1S/C15H18F3NO2/c16-15(17,18)13-6-4-5-12(11-13)7-8-14(21)19-9-2-1-3-10-20/h4-8,11,20H,1-3,9-10H2,(H,19,21)/b8-7+. The first-order chi connectivity index (χ1) is 9.93. The topological polar surface area (TPSA) is 49.3 Å². The summed E-state index contributed by atoms with van der Waals surface area (Å²) < 4.78 is 37.5. The van der Waals surface area contributed by atoms with Gasteiger partial charge in [0, 0.05) is 19.2 Å². The number of amides is 1. The fourth-order valence-electron chi connectivity index (χ4n) is 1.67. The zero-order valence-corrected chi connectivity index (χ0v) is 11.5. The highest BCUT2D eigenvalue weighted by Gasteiger charge is 2.30. The highest BCUT2D eigenvalue weighted by atomic mass is 19.4. The summed E-state index contributed by atoms with van der Waals surface area (Å²) in [7, 11) is 0. The zero-order chi connectivity index (χ0) is 15.7. The molecule has 0 aromatic heterocycles. The molecule has 1 rings (SSSR count). The van der Waals surface area contributed by atoms with Crippen molar-refractivity contribution in [3.63, 3.8) is 0 Å². The number of hydrogen-bond acceptors (Lipinski definition) is 2. The Morgan fingerprint density at radius 2 is 2.00 bits per heavy atom. The lowest BCUT2D eigenvalue weighted by atomic mass is 10.1. The van der Waals surface area contributed by atoms with Crippen LogP contribution >= 0.6 is 0 Å². The van der Waals surface area contributed by atoms with Gasteiger partial charge in [-0.2, -0.15) is 13.2 Å². The van der Waals surface area contributed by atoms with Crippen LogP contribution in [-0.4, -0.2) is 24.2 Å². The molecule has 0 bridgehead atoms. The Morgan fingerprint density at radius 1 is 1.24 bits per heavy atom. The van der Waals surface area contributed by atoms with Gasteiger partial charge in [0.25, 0.3) is 0 Å². The molecule has 0 aliphatic rings. The first kappa shape index (κ1) is 17.2. The molecule has 0 aliphatic carbocycles. The Morgan fingerprint density at radius 3 is 2.67 bits per heavy atom. The number of rotatable bonds is 7. The maximum absolute atomic E-state index is 12.5.